The molecule has 2 aliphatic rings. The number of fused-ring (bicyclic) bond motifs is 3. The fourth-order valence-corrected chi connectivity index (χ4v) is 4.55. The van der Waals surface area contributed by atoms with E-state index in [4.69, 9.17) is 0 Å². The molecule has 0 bridgehead atoms. The van der Waals surface area contributed by atoms with Gasteiger partial charge in [-0.25, -0.2) is 4.79 Å². The second kappa shape index (κ2) is 7.23. The molecule has 0 spiro atoms. The highest BCUT2D eigenvalue weighted by Gasteiger charge is 2.39. The Morgan fingerprint density at radius 2 is 1.56 bits per heavy atom. The number of aromatic hydroxyl groups is 1. The molecule has 2 aromatic carbocycles. The normalized spacial score (nSPS) is 15.6. The van der Waals surface area contributed by atoms with Crippen molar-refractivity contribution in [1.82, 2.24) is 14.8 Å². The molecule has 0 saturated carbocycles. The molecule has 162 valence electrons. The first-order valence-electron chi connectivity index (χ1n) is 10.2. The standard InChI is InChI=1S/C23H20N4O5/c1-25-12-26(27-19(22(25)30)21(29)20(28)17(24-27)23(31)32)18-15-8-4-2-6-13(15)10-11-14-7-3-5-9-16(14)18/h2-9,18,29H,10-12H2,1H3,(H,31,32). The molecule has 2 N–H and O–H groups in total. The monoisotopic (exact) mass is 432 g/mol. The van der Waals surface area contributed by atoms with Gasteiger partial charge in [-0.15, -0.1) is 5.10 Å². The zero-order valence-corrected chi connectivity index (χ0v) is 17.2. The Bertz CT molecular complexity index is 1280. The summed E-state index contributed by atoms with van der Waals surface area (Å²) in [7, 11) is 1.56. The van der Waals surface area contributed by atoms with Gasteiger partial charge in [-0.1, -0.05) is 48.5 Å². The van der Waals surface area contributed by atoms with E-state index < -0.39 is 34.8 Å². The minimum absolute atomic E-state index is 0.0769. The largest absolute Gasteiger partial charge is 0.502 e. The number of aromatic nitrogens is 2. The van der Waals surface area contributed by atoms with Crippen LogP contribution in [0.3, 0.4) is 0 Å². The molecule has 32 heavy (non-hydrogen) atoms. The maximum Gasteiger partial charge on any atom is 0.360 e. The van der Waals surface area contributed by atoms with E-state index in [0.717, 1.165) is 39.9 Å². The smallest absolute Gasteiger partial charge is 0.360 e. The van der Waals surface area contributed by atoms with Gasteiger partial charge in [0.2, 0.25) is 5.69 Å². The number of carboxylic acids is 1. The quantitative estimate of drug-likeness (QED) is 0.631. The Morgan fingerprint density at radius 3 is 2.12 bits per heavy atom. The third kappa shape index (κ3) is 2.85. The second-order valence-electron chi connectivity index (χ2n) is 7.95. The highest BCUT2D eigenvalue weighted by molar-refractivity contribution is 5.97. The minimum Gasteiger partial charge on any atom is -0.502 e. The summed E-state index contributed by atoms with van der Waals surface area (Å²) in [4.78, 5) is 39.3. The van der Waals surface area contributed by atoms with E-state index in [9.17, 15) is 24.6 Å². The van der Waals surface area contributed by atoms with Gasteiger partial charge in [0.05, 0.1) is 6.04 Å². The van der Waals surface area contributed by atoms with Crippen LogP contribution in [0.5, 0.6) is 5.75 Å². The van der Waals surface area contributed by atoms with Crippen molar-refractivity contribution in [3.8, 4) is 5.75 Å². The SMILES string of the molecule is CN1CN(C2c3ccccc3CCc3ccccc32)n2nc(C(=O)O)c(=O)c(O)c2C1=O. The summed E-state index contributed by atoms with van der Waals surface area (Å²) in [6.45, 7) is 0.0769. The van der Waals surface area contributed by atoms with Gasteiger partial charge in [-0.3, -0.25) is 14.6 Å². The van der Waals surface area contributed by atoms with Gasteiger partial charge in [0, 0.05) is 7.05 Å². The van der Waals surface area contributed by atoms with Gasteiger partial charge in [-0.05, 0) is 35.1 Å². The average molecular weight is 432 g/mol. The molecule has 0 atom stereocenters. The van der Waals surface area contributed by atoms with Crippen LogP contribution in [0, 0.1) is 0 Å². The predicted molar refractivity (Wildman–Crippen MR) is 114 cm³/mol. The lowest BCUT2D eigenvalue weighted by molar-refractivity contribution is 0.0662. The molecular formula is C23H20N4O5. The number of hydrogen-bond donors (Lipinski definition) is 2. The zero-order chi connectivity index (χ0) is 22.6. The number of carboxylic acid groups (broad SMARTS) is 1. The van der Waals surface area contributed by atoms with E-state index in [1.807, 2.05) is 48.5 Å². The van der Waals surface area contributed by atoms with Crippen LogP contribution < -0.4 is 10.4 Å². The molecule has 9 nitrogen and oxygen atoms in total. The van der Waals surface area contributed by atoms with Crippen LogP contribution in [0.25, 0.3) is 0 Å². The summed E-state index contributed by atoms with van der Waals surface area (Å²) in [6.07, 6.45) is 1.64. The predicted octanol–water partition coefficient (Wildman–Crippen LogP) is 1.52. The van der Waals surface area contributed by atoms with Gasteiger partial charge in [0.1, 0.15) is 6.67 Å². The molecule has 9 heteroatoms. The number of aromatic carboxylic acids is 1. The molecule has 5 rings (SSSR count). The molecule has 2 heterocycles. The number of hydrogen-bond acceptors (Lipinski definition) is 6. The number of amides is 1. The number of benzene rings is 2. The summed E-state index contributed by atoms with van der Waals surface area (Å²) in [5.74, 6) is -3.11. The summed E-state index contributed by atoms with van der Waals surface area (Å²) in [5, 5.41) is 25.7. The summed E-state index contributed by atoms with van der Waals surface area (Å²) >= 11 is 0. The number of carbonyl (C=O) groups is 2. The second-order valence-corrected chi connectivity index (χ2v) is 7.95. The lowest BCUT2D eigenvalue weighted by Crippen LogP contribution is -2.55. The van der Waals surface area contributed by atoms with Gasteiger partial charge >= 0.3 is 5.97 Å². The molecule has 0 unspecified atom stereocenters. The number of carbonyl (C=O) groups excluding carboxylic acids is 1. The molecule has 0 radical (unpaired) electrons. The number of rotatable bonds is 2. The van der Waals surface area contributed by atoms with Crippen molar-refractivity contribution >= 4 is 11.9 Å². The van der Waals surface area contributed by atoms with Crippen LogP contribution in [0.4, 0.5) is 0 Å². The molecule has 1 aliphatic heterocycles. The van der Waals surface area contributed by atoms with Crippen molar-refractivity contribution in [3.05, 3.63) is 92.4 Å². The summed E-state index contributed by atoms with van der Waals surface area (Å²) in [5.41, 5.74) is 1.84. The van der Waals surface area contributed by atoms with Crippen molar-refractivity contribution in [1.29, 1.82) is 0 Å². The summed E-state index contributed by atoms with van der Waals surface area (Å²) < 4.78 is 0. The van der Waals surface area contributed by atoms with E-state index in [0.29, 0.717) is 0 Å². The van der Waals surface area contributed by atoms with Crippen molar-refractivity contribution in [2.45, 2.75) is 18.9 Å². The van der Waals surface area contributed by atoms with Crippen molar-refractivity contribution in [2.75, 3.05) is 18.7 Å². The number of nitrogens with zero attached hydrogens (tertiary/aromatic N) is 4. The molecule has 1 amide bonds. The van der Waals surface area contributed by atoms with Gasteiger partial charge in [0.25, 0.3) is 11.3 Å². The Morgan fingerprint density at radius 1 is 1.00 bits per heavy atom. The number of aryl methyl sites for hydroxylation is 2. The highest BCUT2D eigenvalue weighted by atomic mass is 16.4. The molecule has 3 aromatic rings. The Kier molecular flexibility index (Phi) is 4.47. The summed E-state index contributed by atoms with van der Waals surface area (Å²) in [6, 6.07) is 15.5. The first-order valence-corrected chi connectivity index (χ1v) is 10.2. The van der Waals surface area contributed by atoms with Gasteiger partial charge in [0.15, 0.2) is 11.4 Å². The maximum absolute atomic E-state index is 12.9. The van der Waals surface area contributed by atoms with Gasteiger partial charge < -0.3 is 15.1 Å². The Hall–Kier alpha value is -4.14. The topological polar surface area (TPSA) is 116 Å². The van der Waals surface area contributed by atoms with E-state index in [1.165, 1.54) is 4.90 Å². The highest BCUT2D eigenvalue weighted by Crippen LogP contribution is 2.37. The average Bonchev–Trinajstić information content (AvgIpc) is 2.95. The van der Waals surface area contributed by atoms with Crippen molar-refractivity contribution < 1.29 is 19.8 Å². The maximum atomic E-state index is 12.9. The fourth-order valence-electron chi connectivity index (χ4n) is 4.55. The Balaban J connectivity index is 1.82. The van der Waals surface area contributed by atoms with Crippen molar-refractivity contribution in [3.63, 3.8) is 0 Å². The van der Waals surface area contributed by atoms with Crippen LogP contribution in [0.2, 0.25) is 0 Å². The van der Waals surface area contributed by atoms with E-state index in [1.54, 1.807) is 12.1 Å². The van der Waals surface area contributed by atoms with Crippen molar-refractivity contribution in [2.24, 2.45) is 0 Å². The van der Waals surface area contributed by atoms with Gasteiger partial charge in [-0.2, -0.15) is 4.79 Å². The molecule has 0 fully saturated rings. The van der Waals surface area contributed by atoms with Crippen LogP contribution in [-0.4, -0.2) is 50.6 Å². The van der Waals surface area contributed by atoms with Crippen LogP contribution in [0.1, 0.15) is 49.3 Å². The molecule has 1 aliphatic carbocycles. The van der Waals surface area contributed by atoms with E-state index >= 15 is 0 Å². The Labute approximate surface area is 182 Å². The molecule has 0 saturated heterocycles. The minimum atomic E-state index is -1.58. The van der Waals surface area contributed by atoms with Crippen LogP contribution >= 0.6 is 0 Å². The molecule has 1 aromatic heterocycles. The third-order valence-corrected chi connectivity index (χ3v) is 6.06. The van der Waals surface area contributed by atoms with Crippen LogP contribution in [-0.2, 0) is 12.8 Å². The molecular weight excluding hydrogens is 412 g/mol. The zero-order valence-electron chi connectivity index (χ0n) is 17.2. The third-order valence-electron chi connectivity index (χ3n) is 6.06. The lowest BCUT2D eigenvalue weighted by Gasteiger charge is -2.42. The lowest BCUT2D eigenvalue weighted by atomic mass is 9.94. The fraction of sp³-hybridized carbons (Fsp3) is 0.217. The van der Waals surface area contributed by atoms with E-state index in [-0.39, 0.29) is 12.4 Å². The van der Waals surface area contributed by atoms with Crippen LogP contribution in [0.15, 0.2) is 53.3 Å². The van der Waals surface area contributed by atoms with E-state index in [2.05, 4.69) is 5.10 Å². The first kappa shape index (κ1) is 19.8. The first-order chi connectivity index (χ1) is 15.4.